The van der Waals surface area contributed by atoms with Crippen LogP contribution < -0.4 is 10.1 Å². The van der Waals surface area contributed by atoms with Crippen LogP contribution in [0.3, 0.4) is 0 Å². The first-order valence-corrected chi connectivity index (χ1v) is 7.30. The van der Waals surface area contributed by atoms with Crippen LogP contribution in [0.25, 0.3) is 0 Å². The second kappa shape index (κ2) is 5.74. The summed E-state index contributed by atoms with van der Waals surface area (Å²) >= 11 is 0. The lowest BCUT2D eigenvalue weighted by Gasteiger charge is -2.17. The number of nitrogens with one attached hydrogen (secondary N) is 1. The number of rotatable bonds is 4. The van der Waals surface area contributed by atoms with Crippen LogP contribution in [0.1, 0.15) is 36.6 Å². The molecule has 110 valence electrons. The van der Waals surface area contributed by atoms with Gasteiger partial charge in [0.15, 0.2) is 0 Å². The van der Waals surface area contributed by atoms with Gasteiger partial charge in [0.05, 0.1) is 12.3 Å². The number of benzene rings is 1. The van der Waals surface area contributed by atoms with E-state index in [1.165, 1.54) is 5.56 Å². The van der Waals surface area contributed by atoms with Crippen molar-refractivity contribution in [3.63, 3.8) is 0 Å². The monoisotopic (exact) mass is 284 g/mol. The first-order chi connectivity index (χ1) is 10.1. The van der Waals surface area contributed by atoms with Crippen molar-refractivity contribution in [2.24, 2.45) is 0 Å². The molecule has 0 saturated heterocycles. The van der Waals surface area contributed by atoms with Crippen LogP contribution in [-0.4, -0.2) is 22.7 Å². The topological polar surface area (TPSA) is 54.4 Å². The predicted molar refractivity (Wildman–Crippen MR) is 82.7 cm³/mol. The summed E-state index contributed by atoms with van der Waals surface area (Å²) in [5, 5.41) is 14.0. The van der Waals surface area contributed by atoms with Crippen LogP contribution >= 0.6 is 0 Å². The Balaban J connectivity index is 1.92. The number of fused-ring (bicyclic) bond motifs is 1. The molecule has 0 spiro atoms. The molecule has 0 fully saturated rings. The van der Waals surface area contributed by atoms with Gasteiger partial charge in [0.25, 0.3) is 0 Å². The van der Waals surface area contributed by atoms with Gasteiger partial charge in [0.2, 0.25) is 0 Å². The molecule has 1 unspecified atom stereocenters. The number of aliphatic hydroxyl groups excluding tert-OH is 1. The zero-order chi connectivity index (χ0) is 14.8. The van der Waals surface area contributed by atoms with Gasteiger partial charge in [-0.25, -0.2) is 0 Å². The summed E-state index contributed by atoms with van der Waals surface area (Å²) in [5.41, 5.74) is 3.96. The number of para-hydroxylation sites is 1. The summed E-state index contributed by atoms with van der Waals surface area (Å²) in [4.78, 5) is 4.17. The maximum absolute atomic E-state index is 10.7. The number of nitrogens with zero attached hydrogens (tertiary/aromatic N) is 1. The van der Waals surface area contributed by atoms with Gasteiger partial charge >= 0.3 is 0 Å². The SMILES string of the molecule is CC(C)Oc1cncc(C(O)c2cccc3c2NCC3)c1. The third-order valence-corrected chi connectivity index (χ3v) is 3.60. The van der Waals surface area contributed by atoms with Gasteiger partial charge in [-0.2, -0.15) is 0 Å². The molecule has 0 bridgehead atoms. The first kappa shape index (κ1) is 13.9. The maximum atomic E-state index is 10.7. The van der Waals surface area contributed by atoms with Crippen molar-refractivity contribution in [1.29, 1.82) is 0 Å². The standard InChI is InChI=1S/C17H20N2O2/c1-11(2)21-14-8-13(9-18-10-14)17(20)15-5-3-4-12-6-7-19-16(12)15/h3-5,8-11,17,19-20H,6-7H2,1-2H3. The van der Waals surface area contributed by atoms with Crippen LogP contribution in [0.4, 0.5) is 5.69 Å². The van der Waals surface area contributed by atoms with E-state index >= 15 is 0 Å². The maximum Gasteiger partial charge on any atom is 0.138 e. The summed E-state index contributed by atoms with van der Waals surface area (Å²) in [6.45, 7) is 4.86. The highest BCUT2D eigenvalue weighted by Crippen LogP contribution is 2.34. The molecule has 4 heteroatoms. The van der Waals surface area contributed by atoms with E-state index in [1.807, 2.05) is 32.0 Å². The van der Waals surface area contributed by atoms with Crippen molar-refractivity contribution in [3.05, 3.63) is 53.3 Å². The Kier molecular flexibility index (Phi) is 3.80. The number of ether oxygens (including phenoxy) is 1. The van der Waals surface area contributed by atoms with Crippen LogP contribution in [0.15, 0.2) is 36.7 Å². The minimum atomic E-state index is -0.700. The molecule has 1 aliphatic heterocycles. The Hall–Kier alpha value is -2.07. The molecule has 0 saturated carbocycles. The molecule has 4 nitrogen and oxygen atoms in total. The molecule has 1 atom stereocenters. The van der Waals surface area contributed by atoms with E-state index in [0.29, 0.717) is 5.75 Å². The van der Waals surface area contributed by atoms with Gasteiger partial charge in [-0.05, 0) is 31.9 Å². The van der Waals surface area contributed by atoms with Crippen molar-refractivity contribution in [1.82, 2.24) is 4.98 Å². The quantitative estimate of drug-likeness (QED) is 0.906. The highest BCUT2D eigenvalue weighted by molar-refractivity contribution is 5.63. The number of hydrogen-bond donors (Lipinski definition) is 2. The number of pyridine rings is 1. The fraction of sp³-hybridized carbons (Fsp3) is 0.353. The molecule has 1 aliphatic rings. The Morgan fingerprint density at radius 2 is 2.14 bits per heavy atom. The molecule has 0 aliphatic carbocycles. The molecule has 2 aromatic rings. The van der Waals surface area contributed by atoms with E-state index in [9.17, 15) is 5.11 Å². The van der Waals surface area contributed by atoms with E-state index in [0.717, 1.165) is 29.8 Å². The third-order valence-electron chi connectivity index (χ3n) is 3.60. The lowest BCUT2D eigenvalue weighted by atomic mass is 9.99. The number of hydrogen-bond acceptors (Lipinski definition) is 4. The van der Waals surface area contributed by atoms with Crippen LogP contribution in [0.5, 0.6) is 5.75 Å². The first-order valence-electron chi connectivity index (χ1n) is 7.30. The molecule has 0 radical (unpaired) electrons. The minimum Gasteiger partial charge on any atom is -0.489 e. The normalized spacial score (nSPS) is 14.7. The molecule has 1 aromatic carbocycles. The zero-order valence-corrected chi connectivity index (χ0v) is 12.3. The average molecular weight is 284 g/mol. The van der Waals surface area contributed by atoms with Crippen LogP contribution in [0, 0.1) is 0 Å². The molecule has 2 N–H and O–H groups in total. The zero-order valence-electron chi connectivity index (χ0n) is 12.3. The van der Waals surface area contributed by atoms with E-state index < -0.39 is 6.10 Å². The summed E-state index contributed by atoms with van der Waals surface area (Å²) < 4.78 is 5.64. The number of aliphatic hydroxyl groups is 1. The largest absolute Gasteiger partial charge is 0.489 e. The fourth-order valence-electron chi connectivity index (χ4n) is 2.70. The van der Waals surface area contributed by atoms with Gasteiger partial charge in [0.1, 0.15) is 11.9 Å². The van der Waals surface area contributed by atoms with E-state index in [-0.39, 0.29) is 6.10 Å². The molecule has 21 heavy (non-hydrogen) atoms. The summed E-state index contributed by atoms with van der Waals surface area (Å²) in [5.74, 6) is 0.682. The highest BCUT2D eigenvalue weighted by Gasteiger charge is 2.20. The van der Waals surface area contributed by atoms with Crippen molar-refractivity contribution in [2.45, 2.75) is 32.5 Å². The van der Waals surface area contributed by atoms with Gasteiger partial charge in [0, 0.05) is 29.6 Å². The smallest absolute Gasteiger partial charge is 0.138 e. The van der Waals surface area contributed by atoms with Crippen LogP contribution in [-0.2, 0) is 6.42 Å². The van der Waals surface area contributed by atoms with E-state index in [1.54, 1.807) is 12.4 Å². The number of aromatic nitrogens is 1. The van der Waals surface area contributed by atoms with Crippen LogP contribution in [0.2, 0.25) is 0 Å². The molecule has 0 amide bonds. The summed E-state index contributed by atoms with van der Waals surface area (Å²) in [6, 6.07) is 7.90. The van der Waals surface area contributed by atoms with E-state index in [2.05, 4.69) is 16.4 Å². The van der Waals surface area contributed by atoms with E-state index in [4.69, 9.17) is 4.74 Å². The minimum absolute atomic E-state index is 0.0850. The summed E-state index contributed by atoms with van der Waals surface area (Å²) in [6.07, 6.45) is 3.75. The lowest BCUT2D eigenvalue weighted by Crippen LogP contribution is -2.08. The van der Waals surface area contributed by atoms with Gasteiger partial charge in [-0.3, -0.25) is 4.98 Å². The van der Waals surface area contributed by atoms with Gasteiger partial charge < -0.3 is 15.2 Å². The van der Waals surface area contributed by atoms with Gasteiger partial charge in [-0.1, -0.05) is 18.2 Å². The van der Waals surface area contributed by atoms with Crippen molar-refractivity contribution >= 4 is 5.69 Å². The Bertz CT molecular complexity index is 640. The summed E-state index contributed by atoms with van der Waals surface area (Å²) in [7, 11) is 0. The molecular weight excluding hydrogens is 264 g/mol. The third kappa shape index (κ3) is 2.85. The Labute approximate surface area is 124 Å². The molecular formula is C17H20N2O2. The highest BCUT2D eigenvalue weighted by atomic mass is 16.5. The van der Waals surface area contributed by atoms with Crippen molar-refractivity contribution in [3.8, 4) is 5.75 Å². The van der Waals surface area contributed by atoms with Gasteiger partial charge in [-0.15, -0.1) is 0 Å². The average Bonchev–Trinajstić information content (AvgIpc) is 2.94. The Morgan fingerprint density at radius 1 is 1.29 bits per heavy atom. The second-order valence-corrected chi connectivity index (χ2v) is 5.58. The van der Waals surface area contributed by atoms with Crippen molar-refractivity contribution in [2.75, 3.05) is 11.9 Å². The second-order valence-electron chi connectivity index (χ2n) is 5.58. The molecule has 1 aromatic heterocycles. The molecule has 2 heterocycles. The van der Waals surface area contributed by atoms with Crippen molar-refractivity contribution < 1.29 is 9.84 Å². The lowest BCUT2D eigenvalue weighted by molar-refractivity contribution is 0.216. The number of anilines is 1. The molecule has 3 rings (SSSR count). The Morgan fingerprint density at radius 3 is 2.95 bits per heavy atom. The predicted octanol–water partition coefficient (Wildman–Crippen LogP) is 2.92. The fourth-order valence-corrected chi connectivity index (χ4v) is 2.70.